The van der Waals surface area contributed by atoms with Gasteiger partial charge >= 0.3 is 0 Å². The molecule has 2 unspecified atom stereocenters. The van der Waals surface area contributed by atoms with Gasteiger partial charge < -0.3 is 0 Å². The zero-order valence-electron chi connectivity index (χ0n) is 19.1. The molecule has 0 amide bonds. The lowest BCUT2D eigenvalue weighted by Crippen LogP contribution is -2.34. The molecule has 2 atom stereocenters. The molecule has 0 aliphatic rings. The first kappa shape index (κ1) is 22.1. The fourth-order valence-corrected chi connectivity index (χ4v) is 4.78. The predicted molar refractivity (Wildman–Crippen MR) is 132 cm³/mol. The molecule has 0 saturated heterocycles. The predicted octanol–water partition coefficient (Wildman–Crippen LogP) is 8.59. The molecule has 30 heavy (non-hydrogen) atoms. The summed E-state index contributed by atoms with van der Waals surface area (Å²) in [4.78, 5) is 0. The summed E-state index contributed by atoms with van der Waals surface area (Å²) in [5.41, 5.74) is 5.74. The lowest BCUT2D eigenvalue weighted by Gasteiger charge is -2.41. The van der Waals surface area contributed by atoms with Crippen molar-refractivity contribution in [1.82, 2.24) is 0 Å². The second kappa shape index (κ2) is 9.94. The third-order valence-electron chi connectivity index (χ3n) is 6.91. The van der Waals surface area contributed by atoms with Crippen LogP contribution >= 0.6 is 0 Å². The van der Waals surface area contributed by atoms with Gasteiger partial charge in [0.1, 0.15) is 0 Å². The number of benzene rings is 3. The molecule has 0 aliphatic heterocycles. The summed E-state index contributed by atoms with van der Waals surface area (Å²) >= 11 is 0. The van der Waals surface area contributed by atoms with Crippen LogP contribution in [0.1, 0.15) is 70.1 Å². The van der Waals surface area contributed by atoms with Crippen molar-refractivity contribution in [1.29, 1.82) is 0 Å². The molecule has 3 aromatic carbocycles. The minimum atomic E-state index is -0.0109. The van der Waals surface area contributed by atoms with E-state index in [1.807, 2.05) is 0 Å². The maximum absolute atomic E-state index is 2.59. The van der Waals surface area contributed by atoms with Gasteiger partial charge in [-0.2, -0.15) is 0 Å². The van der Waals surface area contributed by atoms with Crippen LogP contribution in [0.4, 0.5) is 0 Å². The normalized spacial score (nSPS) is 15.9. The van der Waals surface area contributed by atoms with Gasteiger partial charge in [0.25, 0.3) is 0 Å². The van der Waals surface area contributed by atoms with Crippen molar-refractivity contribution < 1.29 is 0 Å². The molecule has 0 saturated carbocycles. The molecule has 156 valence electrons. The summed E-state index contributed by atoms with van der Waals surface area (Å²) in [6.45, 7) is 9.40. The van der Waals surface area contributed by atoms with Crippen molar-refractivity contribution in [2.45, 2.75) is 64.2 Å². The molecule has 0 spiro atoms. The molecule has 3 aromatic rings. The molecule has 0 nitrogen and oxygen atoms in total. The van der Waals surface area contributed by atoms with Crippen LogP contribution in [0.25, 0.3) is 5.57 Å². The lowest BCUT2D eigenvalue weighted by atomic mass is 9.63. The summed E-state index contributed by atoms with van der Waals surface area (Å²) < 4.78 is 0. The Morgan fingerprint density at radius 3 is 1.63 bits per heavy atom. The van der Waals surface area contributed by atoms with E-state index in [9.17, 15) is 0 Å². The molecule has 0 heterocycles. The third kappa shape index (κ3) is 4.75. The average molecular weight is 397 g/mol. The van der Waals surface area contributed by atoms with Crippen molar-refractivity contribution in [3.8, 4) is 0 Å². The zero-order valence-corrected chi connectivity index (χ0v) is 19.1. The molecular formula is C30H36. The van der Waals surface area contributed by atoms with Crippen LogP contribution < -0.4 is 0 Å². The van der Waals surface area contributed by atoms with E-state index >= 15 is 0 Å². The van der Waals surface area contributed by atoms with Gasteiger partial charge in [-0.3, -0.25) is 0 Å². The van der Waals surface area contributed by atoms with Gasteiger partial charge in [-0.1, -0.05) is 125 Å². The summed E-state index contributed by atoms with van der Waals surface area (Å²) in [5.74, 6) is 0. The number of allylic oxidation sites excluding steroid dienone is 2. The summed E-state index contributed by atoms with van der Waals surface area (Å²) in [6, 6.07) is 33.1. The van der Waals surface area contributed by atoms with Crippen LogP contribution in [-0.4, -0.2) is 0 Å². The quantitative estimate of drug-likeness (QED) is 0.340. The molecule has 0 radical (unpaired) electrons. The average Bonchev–Trinajstić information content (AvgIpc) is 2.83. The van der Waals surface area contributed by atoms with Gasteiger partial charge in [-0.15, -0.1) is 0 Å². The first-order chi connectivity index (χ1) is 14.6. The first-order valence-electron chi connectivity index (χ1n) is 11.4. The Bertz CT molecular complexity index is 924. The second-order valence-corrected chi connectivity index (χ2v) is 8.72. The second-order valence-electron chi connectivity index (χ2n) is 8.72. The van der Waals surface area contributed by atoms with Crippen molar-refractivity contribution in [3.63, 3.8) is 0 Å². The fraction of sp³-hybridized carbons (Fsp3) is 0.333. The van der Waals surface area contributed by atoms with Gasteiger partial charge in [-0.05, 0) is 53.4 Å². The van der Waals surface area contributed by atoms with E-state index in [0.29, 0.717) is 0 Å². The van der Waals surface area contributed by atoms with Crippen LogP contribution in [0.2, 0.25) is 0 Å². The molecule has 0 heteroatoms. The SMILES string of the molecule is CC/C(=C/C(CC)(CC(C)(CC)c1ccccc1)c1ccccc1)c1ccccc1. The van der Waals surface area contributed by atoms with E-state index in [2.05, 4.69) is 125 Å². The molecule has 0 aromatic heterocycles. The van der Waals surface area contributed by atoms with E-state index in [1.165, 1.54) is 22.3 Å². The summed E-state index contributed by atoms with van der Waals surface area (Å²) in [5, 5.41) is 0. The van der Waals surface area contributed by atoms with Gasteiger partial charge in [-0.25, -0.2) is 0 Å². The van der Waals surface area contributed by atoms with Crippen molar-refractivity contribution >= 4 is 5.57 Å². The van der Waals surface area contributed by atoms with Crippen molar-refractivity contribution in [2.75, 3.05) is 0 Å². The third-order valence-corrected chi connectivity index (χ3v) is 6.91. The highest BCUT2D eigenvalue weighted by molar-refractivity contribution is 5.67. The fourth-order valence-electron chi connectivity index (χ4n) is 4.78. The monoisotopic (exact) mass is 396 g/mol. The first-order valence-corrected chi connectivity index (χ1v) is 11.4. The van der Waals surface area contributed by atoms with E-state index in [1.54, 1.807) is 0 Å². The Labute approximate surface area is 183 Å². The number of hydrogen-bond acceptors (Lipinski definition) is 0. The Hall–Kier alpha value is -2.60. The van der Waals surface area contributed by atoms with Gasteiger partial charge in [0, 0.05) is 5.41 Å². The largest absolute Gasteiger partial charge is 0.0701 e. The maximum atomic E-state index is 2.59. The van der Waals surface area contributed by atoms with Gasteiger partial charge in [0.2, 0.25) is 0 Å². The highest BCUT2D eigenvalue weighted by Crippen LogP contribution is 2.45. The molecule has 3 rings (SSSR count). The number of rotatable bonds is 9. The molecule has 0 fully saturated rings. The van der Waals surface area contributed by atoms with Crippen LogP contribution in [-0.2, 0) is 10.8 Å². The van der Waals surface area contributed by atoms with Gasteiger partial charge in [0.05, 0.1) is 0 Å². The Morgan fingerprint density at radius 1 is 0.667 bits per heavy atom. The maximum Gasteiger partial charge on any atom is 0.0143 e. The Kier molecular flexibility index (Phi) is 7.32. The lowest BCUT2D eigenvalue weighted by molar-refractivity contribution is 0.318. The van der Waals surface area contributed by atoms with Crippen molar-refractivity contribution in [3.05, 3.63) is 114 Å². The smallest absolute Gasteiger partial charge is 0.0143 e. The highest BCUT2D eigenvalue weighted by atomic mass is 14.4. The van der Waals surface area contributed by atoms with E-state index in [4.69, 9.17) is 0 Å². The molecule has 0 N–H and O–H groups in total. The highest BCUT2D eigenvalue weighted by Gasteiger charge is 2.37. The summed E-state index contributed by atoms with van der Waals surface area (Å²) in [7, 11) is 0. The standard InChI is InChI=1S/C30H36/c1-5-25(26-17-11-8-12-18-26)23-30(7-3,28-21-15-10-16-22-28)24-29(4,6-2)27-19-13-9-14-20-27/h8-23H,5-7,24H2,1-4H3/b25-23-. The topological polar surface area (TPSA) is 0 Å². The van der Waals surface area contributed by atoms with Crippen LogP contribution in [0.3, 0.4) is 0 Å². The van der Waals surface area contributed by atoms with E-state index in [0.717, 1.165) is 25.7 Å². The Morgan fingerprint density at radius 2 is 1.17 bits per heavy atom. The zero-order chi connectivity index (χ0) is 21.5. The van der Waals surface area contributed by atoms with E-state index in [-0.39, 0.29) is 10.8 Å². The van der Waals surface area contributed by atoms with Crippen LogP contribution in [0.15, 0.2) is 97.1 Å². The van der Waals surface area contributed by atoms with Crippen molar-refractivity contribution in [2.24, 2.45) is 0 Å². The molecular weight excluding hydrogens is 360 g/mol. The van der Waals surface area contributed by atoms with Crippen LogP contribution in [0, 0.1) is 0 Å². The minimum absolute atomic E-state index is 0.0109. The summed E-state index contributed by atoms with van der Waals surface area (Å²) in [6.07, 6.45) is 6.92. The van der Waals surface area contributed by atoms with Crippen LogP contribution in [0.5, 0.6) is 0 Å². The number of hydrogen-bond donors (Lipinski definition) is 0. The Balaban J connectivity index is 2.16. The van der Waals surface area contributed by atoms with Gasteiger partial charge in [0.15, 0.2) is 0 Å². The molecule has 0 bridgehead atoms. The minimum Gasteiger partial charge on any atom is -0.0701 e. The molecule has 0 aliphatic carbocycles. The van der Waals surface area contributed by atoms with E-state index < -0.39 is 0 Å².